The van der Waals surface area contributed by atoms with Crippen LogP contribution in [-0.4, -0.2) is 20.0 Å². The van der Waals surface area contributed by atoms with Gasteiger partial charge in [0.2, 0.25) is 0 Å². The van der Waals surface area contributed by atoms with Gasteiger partial charge in [-0.2, -0.15) is 0 Å². The van der Waals surface area contributed by atoms with E-state index in [-0.39, 0.29) is 0 Å². The van der Waals surface area contributed by atoms with E-state index in [0.717, 1.165) is 11.6 Å². The Morgan fingerprint density at radius 1 is 1.33 bits per heavy atom. The highest BCUT2D eigenvalue weighted by molar-refractivity contribution is 6.70. The lowest BCUT2D eigenvalue weighted by Crippen LogP contribution is -2.33. The smallest absolute Gasteiger partial charge is 0.191 e. The van der Waals surface area contributed by atoms with Crippen LogP contribution in [0.3, 0.4) is 0 Å². The van der Waals surface area contributed by atoms with Crippen LogP contribution in [0.5, 0.6) is 5.75 Å². The maximum atomic E-state index is 9.45. The Bertz CT molecular complexity index is 386. The predicted octanol–water partition coefficient (Wildman–Crippen LogP) is 3.99. The fourth-order valence-electron chi connectivity index (χ4n) is 1.65. The second-order valence-electron chi connectivity index (χ2n) is 4.66. The summed E-state index contributed by atoms with van der Waals surface area (Å²) in [5, 5.41) is 9.45. The van der Waals surface area contributed by atoms with Crippen LogP contribution < -0.4 is 0 Å². The Morgan fingerprint density at radius 2 is 1.94 bits per heavy atom. The molecular weight excluding hydrogens is 240 g/mol. The van der Waals surface area contributed by atoms with Crippen LogP contribution in [0.2, 0.25) is 13.1 Å². The Morgan fingerprint density at radius 3 is 2.44 bits per heavy atom. The van der Waals surface area contributed by atoms with E-state index in [1.165, 1.54) is 5.56 Å². The molecule has 0 unspecified atom stereocenters. The number of phenols is 1. The zero-order valence-corrected chi connectivity index (χ0v) is 12.7. The summed E-state index contributed by atoms with van der Waals surface area (Å²) >= 11 is 0. The van der Waals surface area contributed by atoms with Gasteiger partial charge >= 0.3 is 0 Å². The highest BCUT2D eigenvalue weighted by Gasteiger charge is 2.22. The maximum Gasteiger partial charge on any atom is 0.191 e. The Hall–Kier alpha value is -1.32. The van der Waals surface area contributed by atoms with Crippen molar-refractivity contribution in [1.82, 2.24) is 0 Å². The first-order chi connectivity index (χ1) is 8.44. The van der Waals surface area contributed by atoms with E-state index in [2.05, 4.69) is 32.8 Å². The zero-order valence-electron chi connectivity index (χ0n) is 11.7. The number of hydrogen-bond donors (Lipinski definition) is 1. The molecule has 1 aromatic carbocycles. The molecule has 1 rings (SSSR count). The first-order valence-corrected chi connectivity index (χ1v) is 9.09. The summed E-state index contributed by atoms with van der Waals surface area (Å²) < 4.78 is 5.81. The van der Waals surface area contributed by atoms with E-state index in [0.29, 0.717) is 12.4 Å². The lowest BCUT2D eigenvalue weighted by atomic mass is 10.1. The third-order valence-electron chi connectivity index (χ3n) is 2.48. The average Bonchev–Trinajstić information content (AvgIpc) is 2.34. The summed E-state index contributed by atoms with van der Waals surface area (Å²) in [5.41, 5.74) is 2.15. The minimum Gasteiger partial charge on any atom is -0.508 e. The van der Waals surface area contributed by atoms with Crippen LogP contribution >= 0.6 is 0 Å². The summed E-state index contributed by atoms with van der Waals surface area (Å²) in [6, 6.07) is 6.71. The quantitative estimate of drug-likeness (QED) is 0.643. The minimum atomic E-state index is -1.66. The van der Waals surface area contributed by atoms with Crippen molar-refractivity contribution in [2.75, 3.05) is 6.61 Å². The summed E-state index contributed by atoms with van der Waals surface area (Å²) in [6.07, 6.45) is 1.79. The average molecular weight is 264 g/mol. The lowest BCUT2D eigenvalue weighted by molar-refractivity contribution is 0.351. The first-order valence-electron chi connectivity index (χ1n) is 5.98. The van der Waals surface area contributed by atoms with E-state index in [1.54, 1.807) is 12.1 Å². The molecule has 0 aliphatic carbocycles. The molecule has 0 aromatic heterocycles. The summed E-state index contributed by atoms with van der Waals surface area (Å²) in [5.74, 6) is 0.357. The predicted molar refractivity (Wildman–Crippen MR) is 81.4 cm³/mol. The normalized spacial score (nSPS) is 10.4. The number of rotatable bonds is 5. The van der Waals surface area contributed by atoms with E-state index >= 15 is 0 Å². The summed E-state index contributed by atoms with van der Waals surface area (Å²) in [7, 11) is -1.66. The van der Waals surface area contributed by atoms with Crippen molar-refractivity contribution in [3.8, 4) is 5.75 Å². The Balaban J connectivity index is 0.00000137. The van der Waals surface area contributed by atoms with Crippen molar-refractivity contribution >= 4 is 8.32 Å². The number of benzene rings is 1. The number of hydrogen-bond acceptors (Lipinski definition) is 2. The molecular formula is C15H24O2Si. The third-order valence-corrected chi connectivity index (χ3v) is 4.69. The van der Waals surface area contributed by atoms with Crippen LogP contribution in [0.4, 0.5) is 0 Å². The van der Waals surface area contributed by atoms with Gasteiger partial charge in [-0.15, -0.1) is 19.7 Å². The molecule has 18 heavy (non-hydrogen) atoms. The molecule has 0 amide bonds. The SMILES string of the molecule is C=C.C=CCO[Si](C)(C)Cc1ccc(O)c(C)c1. The maximum absolute atomic E-state index is 9.45. The van der Waals surface area contributed by atoms with Crippen molar-refractivity contribution in [2.45, 2.75) is 26.1 Å². The molecule has 0 aliphatic heterocycles. The zero-order chi connectivity index (χ0) is 14.2. The van der Waals surface area contributed by atoms with E-state index in [4.69, 9.17) is 4.43 Å². The number of phenolic OH excluding ortho intramolecular Hbond substituents is 1. The van der Waals surface area contributed by atoms with Gasteiger partial charge in [-0.1, -0.05) is 18.2 Å². The molecule has 0 bridgehead atoms. The monoisotopic (exact) mass is 264 g/mol. The molecule has 0 atom stereocenters. The molecule has 0 saturated heterocycles. The highest BCUT2D eigenvalue weighted by atomic mass is 28.4. The Kier molecular flexibility index (Phi) is 7.32. The van der Waals surface area contributed by atoms with Gasteiger partial charge < -0.3 is 9.53 Å². The van der Waals surface area contributed by atoms with Gasteiger partial charge in [0.1, 0.15) is 5.75 Å². The molecule has 0 aliphatic rings. The van der Waals surface area contributed by atoms with Gasteiger partial charge in [-0.3, -0.25) is 0 Å². The molecule has 0 heterocycles. The van der Waals surface area contributed by atoms with Crippen LogP contribution in [-0.2, 0) is 10.5 Å². The molecule has 2 nitrogen and oxygen atoms in total. The van der Waals surface area contributed by atoms with Crippen LogP contribution in [0, 0.1) is 6.92 Å². The number of aromatic hydroxyl groups is 1. The molecule has 100 valence electrons. The standard InChI is InChI=1S/C13H20O2Si.C2H4/c1-5-8-15-16(3,4)10-12-6-7-13(14)11(2)9-12;1-2/h5-7,9,14H,1,8,10H2,2-4H3;1-2H2. The van der Waals surface area contributed by atoms with Crippen molar-refractivity contribution in [3.63, 3.8) is 0 Å². The summed E-state index contributed by atoms with van der Waals surface area (Å²) in [4.78, 5) is 0. The van der Waals surface area contributed by atoms with Crippen LogP contribution in [0.1, 0.15) is 11.1 Å². The fraction of sp³-hybridized carbons (Fsp3) is 0.333. The molecule has 0 spiro atoms. The fourth-order valence-corrected chi connectivity index (χ4v) is 3.53. The van der Waals surface area contributed by atoms with E-state index in [1.807, 2.05) is 19.1 Å². The van der Waals surface area contributed by atoms with E-state index < -0.39 is 8.32 Å². The molecule has 3 heteroatoms. The third kappa shape index (κ3) is 5.84. The molecule has 1 aromatic rings. The van der Waals surface area contributed by atoms with E-state index in [9.17, 15) is 5.11 Å². The highest BCUT2D eigenvalue weighted by Crippen LogP contribution is 2.20. The van der Waals surface area contributed by atoms with Crippen molar-refractivity contribution in [3.05, 3.63) is 55.1 Å². The van der Waals surface area contributed by atoms with Crippen LogP contribution in [0.15, 0.2) is 44.0 Å². The first kappa shape index (κ1) is 16.7. The summed E-state index contributed by atoms with van der Waals surface area (Å²) in [6.45, 7) is 16.6. The molecule has 1 N–H and O–H groups in total. The topological polar surface area (TPSA) is 29.5 Å². The van der Waals surface area contributed by atoms with Crippen molar-refractivity contribution < 1.29 is 9.53 Å². The molecule has 0 saturated carbocycles. The van der Waals surface area contributed by atoms with Gasteiger partial charge in [0.15, 0.2) is 8.32 Å². The van der Waals surface area contributed by atoms with Gasteiger partial charge in [0.05, 0.1) is 6.61 Å². The molecule has 0 fully saturated rings. The van der Waals surface area contributed by atoms with Crippen molar-refractivity contribution in [1.29, 1.82) is 0 Å². The number of aryl methyl sites for hydroxylation is 1. The van der Waals surface area contributed by atoms with Crippen LogP contribution in [0.25, 0.3) is 0 Å². The van der Waals surface area contributed by atoms with Gasteiger partial charge in [-0.25, -0.2) is 0 Å². The van der Waals surface area contributed by atoms with Gasteiger partial charge in [0.25, 0.3) is 0 Å². The lowest BCUT2D eigenvalue weighted by Gasteiger charge is -2.22. The second-order valence-corrected chi connectivity index (χ2v) is 8.82. The van der Waals surface area contributed by atoms with Gasteiger partial charge in [-0.05, 0) is 43.3 Å². The Labute approximate surface area is 112 Å². The second kappa shape index (κ2) is 7.90. The minimum absolute atomic E-state index is 0.357. The largest absolute Gasteiger partial charge is 0.508 e. The van der Waals surface area contributed by atoms with Crippen molar-refractivity contribution in [2.24, 2.45) is 0 Å². The van der Waals surface area contributed by atoms with Gasteiger partial charge in [0, 0.05) is 0 Å². The molecule has 0 radical (unpaired) electrons.